The number of hydrogen-bond acceptors (Lipinski definition) is 6. The van der Waals surface area contributed by atoms with Gasteiger partial charge in [0.25, 0.3) is 0 Å². The SMILES string of the molecule is Cc1nc(N/N=C/c2ccc(N(C)C)cc2)c2c3c(sc2n1)CCCC3. The van der Waals surface area contributed by atoms with Crippen molar-refractivity contribution in [3.8, 4) is 0 Å². The topological polar surface area (TPSA) is 53.4 Å². The molecule has 0 amide bonds. The van der Waals surface area contributed by atoms with Gasteiger partial charge in [0.05, 0.1) is 11.6 Å². The van der Waals surface area contributed by atoms with Gasteiger partial charge in [0.15, 0.2) is 5.82 Å². The number of hydrazone groups is 1. The van der Waals surface area contributed by atoms with E-state index in [4.69, 9.17) is 0 Å². The lowest BCUT2D eigenvalue weighted by atomic mass is 9.97. The first-order valence-corrected chi connectivity index (χ1v) is 9.79. The van der Waals surface area contributed by atoms with Gasteiger partial charge in [-0.25, -0.2) is 9.97 Å². The molecule has 0 radical (unpaired) electrons. The molecule has 0 spiro atoms. The number of hydrogen-bond donors (Lipinski definition) is 1. The monoisotopic (exact) mass is 365 g/mol. The maximum atomic E-state index is 4.64. The van der Waals surface area contributed by atoms with Crippen molar-refractivity contribution in [2.45, 2.75) is 32.6 Å². The lowest BCUT2D eigenvalue weighted by Gasteiger charge is -2.12. The minimum Gasteiger partial charge on any atom is -0.378 e. The predicted molar refractivity (Wildman–Crippen MR) is 111 cm³/mol. The fourth-order valence-corrected chi connectivity index (χ4v) is 4.68. The molecule has 6 heteroatoms. The third-order valence-corrected chi connectivity index (χ3v) is 5.91. The van der Waals surface area contributed by atoms with Crippen LogP contribution in [0.4, 0.5) is 11.5 Å². The van der Waals surface area contributed by atoms with Crippen molar-refractivity contribution < 1.29 is 0 Å². The van der Waals surface area contributed by atoms with Gasteiger partial charge in [-0.15, -0.1) is 11.3 Å². The van der Waals surface area contributed by atoms with Crippen LogP contribution in [0.15, 0.2) is 29.4 Å². The van der Waals surface area contributed by atoms with Crippen LogP contribution in [0.1, 0.15) is 34.7 Å². The number of nitrogens with one attached hydrogen (secondary N) is 1. The summed E-state index contributed by atoms with van der Waals surface area (Å²) in [7, 11) is 4.07. The zero-order valence-electron chi connectivity index (χ0n) is 15.4. The molecule has 0 atom stereocenters. The minimum atomic E-state index is 0.782. The lowest BCUT2D eigenvalue weighted by molar-refractivity contribution is 0.700. The number of aryl methyl sites for hydroxylation is 3. The van der Waals surface area contributed by atoms with E-state index in [0.717, 1.165) is 40.3 Å². The molecule has 134 valence electrons. The Kier molecular flexibility index (Phi) is 4.59. The van der Waals surface area contributed by atoms with Gasteiger partial charge in [-0.1, -0.05) is 12.1 Å². The molecule has 3 aromatic rings. The highest BCUT2D eigenvalue weighted by atomic mass is 32.1. The highest BCUT2D eigenvalue weighted by Gasteiger charge is 2.20. The van der Waals surface area contributed by atoms with E-state index in [0.29, 0.717) is 0 Å². The number of aromatic nitrogens is 2. The van der Waals surface area contributed by atoms with E-state index < -0.39 is 0 Å². The lowest BCUT2D eigenvalue weighted by Crippen LogP contribution is -2.08. The fourth-order valence-electron chi connectivity index (χ4n) is 3.37. The van der Waals surface area contributed by atoms with Crippen molar-refractivity contribution in [1.82, 2.24) is 9.97 Å². The molecule has 5 nitrogen and oxygen atoms in total. The van der Waals surface area contributed by atoms with Crippen molar-refractivity contribution in [2.24, 2.45) is 5.10 Å². The van der Waals surface area contributed by atoms with Gasteiger partial charge in [0.1, 0.15) is 10.7 Å². The highest BCUT2D eigenvalue weighted by molar-refractivity contribution is 7.19. The fraction of sp³-hybridized carbons (Fsp3) is 0.350. The molecule has 0 unspecified atom stereocenters. The second kappa shape index (κ2) is 7.03. The van der Waals surface area contributed by atoms with Crippen molar-refractivity contribution in [1.29, 1.82) is 0 Å². The Labute approximate surface area is 157 Å². The Morgan fingerprint density at radius 2 is 1.88 bits per heavy atom. The zero-order valence-corrected chi connectivity index (χ0v) is 16.2. The molecule has 0 aliphatic heterocycles. The maximum absolute atomic E-state index is 4.64. The number of fused-ring (bicyclic) bond motifs is 3. The van der Waals surface area contributed by atoms with Crippen LogP contribution in [0.3, 0.4) is 0 Å². The van der Waals surface area contributed by atoms with Gasteiger partial charge in [-0.05, 0) is 55.9 Å². The number of thiophene rings is 1. The zero-order chi connectivity index (χ0) is 18.1. The van der Waals surface area contributed by atoms with Crippen LogP contribution < -0.4 is 10.3 Å². The molecular weight excluding hydrogens is 342 g/mol. The van der Waals surface area contributed by atoms with Gasteiger partial charge >= 0.3 is 0 Å². The van der Waals surface area contributed by atoms with E-state index >= 15 is 0 Å². The molecule has 26 heavy (non-hydrogen) atoms. The summed E-state index contributed by atoms with van der Waals surface area (Å²) in [6.45, 7) is 1.94. The Balaban J connectivity index is 1.61. The molecular formula is C20H23N5S. The second-order valence-corrected chi connectivity index (χ2v) is 7.95. The summed E-state index contributed by atoms with van der Waals surface area (Å²) < 4.78 is 0. The van der Waals surface area contributed by atoms with Crippen molar-refractivity contribution in [2.75, 3.05) is 24.4 Å². The summed E-state index contributed by atoms with van der Waals surface area (Å²) in [5, 5.41) is 5.59. The molecule has 0 bridgehead atoms. The van der Waals surface area contributed by atoms with E-state index in [2.05, 4.69) is 49.7 Å². The Morgan fingerprint density at radius 3 is 2.65 bits per heavy atom. The molecule has 0 saturated heterocycles. The highest BCUT2D eigenvalue weighted by Crippen LogP contribution is 2.38. The predicted octanol–water partition coefficient (Wildman–Crippen LogP) is 4.39. The summed E-state index contributed by atoms with van der Waals surface area (Å²) in [6, 6.07) is 8.30. The number of anilines is 2. The number of rotatable bonds is 4. The Morgan fingerprint density at radius 1 is 1.12 bits per heavy atom. The number of benzene rings is 1. The number of nitrogens with zero attached hydrogens (tertiary/aromatic N) is 4. The second-order valence-electron chi connectivity index (χ2n) is 6.87. The van der Waals surface area contributed by atoms with Crippen LogP contribution in [-0.4, -0.2) is 30.3 Å². The van der Waals surface area contributed by atoms with Crippen LogP contribution in [0.5, 0.6) is 0 Å². The molecule has 1 N–H and O–H groups in total. The summed E-state index contributed by atoms with van der Waals surface area (Å²) in [6.07, 6.45) is 6.63. The van der Waals surface area contributed by atoms with Gasteiger partial charge in [0.2, 0.25) is 0 Å². The van der Waals surface area contributed by atoms with Gasteiger partial charge in [-0.3, -0.25) is 5.43 Å². The smallest absolute Gasteiger partial charge is 0.158 e. The summed E-state index contributed by atoms with van der Waals surface area (Å²) >= 11 is 1.81. The maximum Gasteiger partial charge on any atom is 0.158 e. The first-order valence-electron chi connectivity index (χ1n) is 8.97. The van der Waals surface area contributed by atoms with Crippen LogP contribution in [-0.2, 0) is 12.8 Å². The van der Waals surface area contributed by atoms with E-state index in [-0.39, 0.29) is 0 Å². The molecule has 0 fully saturated rings. The van der Waals surface area contributed by atoms with Crippen LogP contribution in [0, 0.1) is 6.92 Å². The van der Waals surface area contributed by atoms with E-state index in [1.54, 1.807) is 0 Å². The molecule has 1 aliphatic rings. The average molecular weight is 366 g/mol. The van der Waals surface area contributed by atoms with Crippen molar-refractivity contribution >= 4 is 39.3 Å². The largest absolute Gasteiger partial charge is 0.378 e. The summed E-state index contributed by atoms with van der Waals surface area (Å²) in [4.78, 5) is 13.9. The van der Waals surface area contributed by atoms with Crippen molar-refractivity contribution in [3.05, 3.63) is 46.1 Å². The quantitative estimate of drug-likeness (QED) is 0.550. The van der Waals surface area contributed by atoms with Gasteiger partial charge in [0, 0.05) is 24.7 Å². The molecule has 2 heterocycles. The van der Waals surface area contributed by atoms with E-state index in [1.807, 2.05) is 38.6 Å². The molecule has 2 aromatic heterocycles. The molecule has 0 saturated carbocycles. The molecule has 1 aromatic carbocycles. The normalized spacial score (nSPS) is 14.0. The van der Waals surface area contributed by atoms with Crippen LogP contribution in [0.2, 0.25) is 0 Å². The van der Waals surface area contributed by atoms with Crippen LogP contribution in [0.25, 0.3) is 10.2 Å². The Bertz CT molecular complexity index is 956. The third kappa shape index (κ3) is 3.29. The molecule has 4 rings (SSSR count). The van der Waals surface area contributed by atoms with Gasteiger partial charge < -0.3 is 4.90 Å². The van der Waals surface area contributed by atoms with E-state index in [1.165, 1.54) is 29.0 Å². The summed E-state index contributed by atoms with van der Waals surface area (Å²) in [5.74, 6) is 1.61. The van der Waals surface area contributed by atoms with Crippen molar-refractivity contribution in [3.63, 3.8) is 0 Å². The average Bonchev–Trinajstić information content (AvgIpc) is 3.00. The van der Waals surface area contributed by atoms with Crippen LogP contribution >= 0.6 is 11.3 Å². The summed E-state index contributed by atoms with van der Waals surface area (Å²) in [5.41, 5.74) is 6.81. The Hall–Kier alpha value is -2.47. The minimum absolute atomic E-state index is 0.782. The van der Waals surface area contributed by atoms with E-state index in [9.17, 15) is 0 Å². The first kappa shape index (κ1) is 17.0. The van der Waals surface area contributed by atoms with Gasteiger partial charge in [-0.2, -0.15) is 5.10 Å². The third-order valence-electron chi connectivity index (χ3n) is 4.72. The molecule has 1 aliphatic carbocycles. The first-order chi connectivity index (χ1) is 12.6. The standard InChI is InChI=1S/C20H23N5S/c1-13-22-19(18-16-6-4-5-7-17(16)26-20(18)23-13)24-21-12-14-8-10-15(11-9-14)25(2)3/h8-12H,4-7H2,1-3H3,(H,22,23,24)/b21-12+.